The molecule has 0 aliphatic heterocycles. The molecule has 0 aliphatic rings. The number of nitrogens with one attached hydrogen (secondary N) is 1. The molecule has 96 valence electrons. The predicted octanol–water partition coefficient (Wildman–Crippen LogP) is 2.66. The Kier molecular flexibility index (Phi) is 3.76. The Morgan fingerprint density at radius 2 is 2.33 bits per heavy atom. The smallest absolute Gasteiger partial charge is 0.305 e. The van der Waals surface area contributed by atoms with Crippen LogP contribution in [0.4, 0.5) is 5.82 Å². The number of aryl methyl sites for hydroxylation is 1. The van der Waals surface area contributed by atoms with Gasteiger partial charge in [-0.2, -0.15) is 0 Å². The zero-order valence-electron chi connectivity index (χ0n) is 10.3. The highest BCUT2D eigenvalue weighted by Gasteiger charge is 2.14. The van der Waals surface area contributed by atoms with Crippen LogP contribution in [0.5, 0.6) is 0 Å². The highest BCUT2D eigenvalue weighted by Crippen LogP contribution is 2.29. The maximum absolute atomic E-state index is 10.8. The summed E-state index contributed by atoms with van der Waals surface area (Å²) < 4.78 is 0.985. The first-order chi connectivity index (χ1) is 8.61. The second-order valence-electron chi connectivity index (χ2n) is 4.17. The van der Waals surface area contributed by atoms with Gasteiger partial charge in [0, 0.05) is 6.04 Å². The van der Waals surface area contributed by atoms with Crippen LogP contribution in [0, 0.1) is 6.92 Å². The summed E-state index contributed by atoms with van der Waals surface area (Å²) in [5.74, 6) is -0.0757. The van der Waals surface area contributed by atoms with Crippen LogP contribution in [-0.2, 0) is 4.79 Å². The topological polar surface area (TPSA) is 75.1 Å². The van der Waals surface area contributed by atoms with E-state index in [1.807, 2.05) is 19.2 Å². The van der Waals surface area contributed by atoms with Crippen molar-refractivity contribution in [2.45, 2.75) is 32.7 Å². The summed E-state index contributed by atoms with van der Waals surface area (Å²) in [4.78, 5) is 19.2. The van der Waals surface area contributed by atoms with E-state index in [0.717, 1.165) is 28.0 Å². The summed E-state index contributed by atoms with van der Waals surface area (Å²) >= 11 is 1.58. The normalized spacial score (nSPS) is 12.6. The molecule has 2 heterocycles. The lowest BCUT2D eigenvalue weighted by molar-refractivity contribution is -0.137. The van der Waals surface area contributed by atoms with Crippen LogP contribution < -0.4 is 5.32 Å². The summed E-state index contributed by atoms with van der Waals surface area (Å²) in [5.41, 5.74) is 2.05. The Bertz CT molecular complexity index is 567. The minimum atomic E-state index is -0.804. The molecule has 0 spiro atoms. The molecule has 0 amide bonds. The number of carboxylic acid groups (broad SMARTS) is 1. The molecule has 2 aromatic heterocycles. The fraction of sp³-hybridized carbons (Fsp3) is 0.417. The summed E-state index contributed by atoms with van der Waals surface area (Å²) in [6.45, 7) is 3.96. The first-order valence-electron chi connectivity index (χ1n) is 5.79. The molecule has 5 nitrogen and oxygen atoms in total. The molecule has 0 aliphatic carbocycles. The highest BCUT2D eigenvalue weighted by atomic mass is 32.1. The maximum atomic E-state index is 10.8. The van der Waals surface area contributed by atoms with Crippen LogP contribution in [0.3, 0.4) is 0 Å². The predicted molar refractivity (Wildman–Crippen MR) is 72.1 cm³/mol. The van der Waals surface area contributed by atoms with Crippen LogP contribution in [0.2, 0.25) is 0 Å². The number of aromatic nitrogens is 2. The fourth-order valence-corrected chi connectivity index (χ4v) is 2.73. The van der Waals surface area contributed by atoms with E-state index in [1.165, 1.54) is 6.33 Å². The summed E-state index contributed by atoms with van der Waals surface area (Å²) in [6, 6.07) is -0.108. The van der Waals surface area contributed by atoms with Gasteiger partial charge in [0.25, 0.3) is 0 Å². The number of carboxylic acids is 1. The van der Waals surface area contributed by atoms with Crippen molar-refractivity contribution in [3.8, 4) is 0 Å². The van der Waals surface area contributed by atoms with E-state index in [-0.39, 0.29) is 12.5 Å². The highest BCUT2D eigenvalue weighted by molar-refractivity contribution is 7.18. The SMILES string of the molecule is CCC(CC(=O)O)Nc1ncnc2c(C)csc12. The van der Waals surface area contributed by atoms with Gasteiger partial charge in [-0.25, -0.2) is 9.97 Å². The van der Waals surface area contributed by atoms with Gasteiger partial charge in [-0.1, -0.05) is 6.92 Å². The minimum Gasteiger partial charge on any atom is -0.481 e. The van der Waals surface area contributed by atoms with Gasteiger partial charge in [0.05, 0.1) is 16.6 Å². The van der Waals surface area contributed by atoms with Crippen molar-refractivity contribution in [3.63, 3.8) is 0 Å². The van der Waals surface area contributed by atoms with Crippen LogP contribution in [0.15, 0.2) is 11.7 Å². The first kappa shape index (κ1) is 12.8. The summed E-state index contributed by atoms with van der Waals surface area (Å²) in [6.07, 6.45) is 2.34. The van der Waals surface area contributed by atoms with E-state index in [2.05, 4.69) is 15.3 Å². The number of hydrogen-bond acceptors (Lipinski definition) is 5. The molecule has 1 unspecified atom stereocenters. The summed E-state index contributed by atoms with van der Waals surface area (Å²) in [7, 11) is 0. The monoisotopic (exact) mass is 265 g/mol. The van der Waals surface area contributed by atoms with E-state index in [4.69, 9.17) is 5.11 Å². The third kappa shape index (κ3) is 2.59. The number of rotatable bonds is 5. The van der Waals surface area contributed by atoms with Crippen molar-refractivity contribution in [2.75, 3.05) is 5.32 Å². The van der Waals surface area contributed by atoms with Gasteiger partial charge in [-0.15, -0.1) is 11.3 Å². The van der Waals surface area contributed by atoms with Gasteiger partial charge >= 0.3 is 5.97 Å². The molecular formula is C12H15N3O2S. The molecule has 18 heavy (non-hydrogen) atoms. The number of anilines is 1. The van der Waals surface area contributed by atoms with Crippen molar-refractivity contribution < 1.29 is 9.90 Å². The quantitative estimate of drug-likeness (QED) is 0.869. The zero-order chi connectivity index (χ0) is 13.1. The molecule has 0 saturated carbocycles. The number of nitrogens with zero attached hydrogens (tertiary/aromatic N) is 2. The third-order valence-corrected chi connectivity index (χ3v) is 3.88. The number of fused-ring (bicyclic) bond motifs is 1. The zero-order valence-corrected chi connectivity index (χ0v) is 11.1. The number of aliphatic carboxylic acids is 1. The van der Waals surface area contributed by atoms with Crippen molar-refractivity contribution >= 4 is 33.3 Å². The van der Waals surface area contributed by atoms with Gasteiger partial charge in [0.15, 0.2) is 0 Å². The van der Waals surface area contributed by atoms with Gasteiger partial charge in [0.1, 0.15) is 12.1 Å². The number of carbonyl (C=O) groups is 1. The standard InChI is InChI=1S/C12H15N3O2S/c1-3-8(4-9(16)17)15-12-11-10(13-6-14-12)7(2)5-18-11/h5-6,8H,3-4H2,1-2H3,(H,16,17)(H,13,14,15). The fourth-order valence-electron chi connectivity index (χ4n) is 1.77. The van der Waals surface area contributed by atoms with E-state index < -0.39 is 5.97 Å². The molecule has 2 N–H and O–H groups in total. The van der Waals surface area contributed by atoms with E-state index in [0.29, 0.717) is 0 Å². The van der Waals surface area contributed by atoms with Crippen LogP contribution in [0.25, 0.3) is 10.2 Å². The van der Waals surface area contributed by atoms with Gasteiger partial charge in [-0.3, -0.25) is 4.79 Å². The molecule has 2 aromatic rings. The van der Waals surface area contributed by atoms with E-state index in [9.17, 15) is 4.79 Å². The Morgan fingerprint density at radius 1 is 1.56 bits per heavy atom. The molecule has 0 saturated heterocycles. The van der Waals surface area contributed by atoms with Gasteiger partial charge < -0.3 is 10.4 Å². The van der Waals surface area contributed by atoms with Gasteiger partial charge in [-0.05, 0) is 24.3 Å². The van der Waals surface area contributed by atoms with Crippen molar-refractivity contribution in [2.24, 2.45) is 0 Å². The molecule has 0 fully saturated rings. The first-order valence-corrected chi connectivity index (χ1v) is 6.67. The number of hydrogen-bond donors (Lipinski definition) is 2. The van der Waals surface area contributed by atoms with Crippen molar-refractivity contribution in [1.82, 2.24) is 9.97 Å². The lowest BCUT2D eigenvalue weighted by Crippen LogP contribution is -2.22. The van der Waals surface area contributed by atoms with E-state index >= 15 is 0 Å². The molecular weight excluding hydrogens is 250 g/mol. The van der Waals surface area contributed by atoms with Crippen molar-refractivity contribution in [3.05, 3.63) is 17.3 Å². The van der Waals surface area contributed by atoms with Crippen LogP contribution in [-0.4, -0.2) is 27.1 Å². The molecule has 2 rings (SSSR count). The molecule has 0 bridgehead atoms. The third-order valence-electron chi connectivity index (χ3n) is 2.79. The molecule has 0 aromatic carbocycles. The second kappa shape index (κ2) is 5.30. The largest absolute Gasteiger partial charge is 0.481 e. The van der Waals surface area contributed by atoms with Gasteiger partial charge in [0.2, 0.25) is 0 Å². The summed E-state index contributed by atoms with van der Waals surface area (Å²) in [5, 5.41) is 14.1. The Hall–Kier alpha value is -1.69. The Morgan fingerprint density at radius 3 is 3.00 bits per heavy atom. The lowest BCUT2D eigenvalue weighted by Gasteiger charge is -2.15. The number of thiophene rings is 1. The van der Waals surface area contributed by atoms with Crippen LogP contribution >= 0.6 is 11.3 Å². The average molecular weight is 265 g/mol. The minimum absolute atomic E-state index is 0.0896. The van der Waals surface area contributed by atoms with Crippen LogP contribution in [0.1, 0.15) is 25.3 Å². The second-order valence-corrected chi connectivity index (χ2v) is 5.05. The molecule has 0 radical (unpaired) electrons. The van der Waals surface area contributed by atoms with E-state index in [1.54, 1.807) is 11.3 Å². The molecule has 1 atom stereocenters. The average Bonchev–Trinajstić information content (AvgIpc) is 2.71. The Labute approximate surface area is 109 Å². The maximum Gasteiger partial charge on any atom is 0.305 e. The lowest BCUT2D eigenvalue weighted by atomic mass is 10.1. The Balaban J connectivity index is 2.28. The molecule has 6 heteroatoms. The van der Waals surface area contributed by atoms with Crippen molar-refractivity contribution in [1.29, 1.82) is 0 Å².